The number of carboxylic acid groups (broad SMARTS) is 1. The van der Waals surface area contributed by atoms with Crippen LogP contribution in [0.2, 0.25) is 0 Å². The SMILES string of the molecule is CCC(C)C(NC(=O)c1csc(S(N)(=O)=O)c1)C(=O)O. The predicted molar refractivity (Wildman–Crippen MR) is 74.0 cm³/mol. The predicted octanol–water partition coefficient (Wildman–Crippen LogP) is 0.625. The number of rotatable bonds is 6. The summed E-state index contributed by atoms with van der Waals surface area (Å²) in [5.41, 5.74) is 0.0774. The van der Waals surface area contributed by atoms with E-state index in [0.717, 1.165) is 17.4 Å². The van der Waals surface area contributed by atoms with E-state index >= 15 is 0 Å². The van der Waals surface area contributed by atoms with Crippen molar-refractivity contribution >= 4 is 33.2 Å². The standard InChI is InChI=1S/C11H16N2O5S2/c1-3-6(2)9(11(15)16)13-10(14)7-4-8(19-5-7)20(12,17)18/h4-6,9H,3H2,1-2H3,(H,13,14)(H,15,16)(H2,12,17,18). The van der Waals surface area contributed by atoms with Gasteiger partial charge in [-0.05, 0) is 12.0 Å². The summed E-state index contributed by atoms with van der Waals surface area (Å²) in [6.07, 6.45) is 0.587. The van der Waals surface area contributed by atoms with Crippen LogP contribution in [0.5, 0.6) is 0 Å². The number of nitrogens with one attached hydrogen (secondary N) is 1. The summed E-state index contributed by atoms with van der Waals surface area (Å²) in [5.74, 6) is -2.01. The van der Waals surface area contributed by atoms with Crippen LogP contribution in [-0.4, -0.2) is 31.4 Å². The third-order valence-electron chi connectivity index (χ3n) is 2.88. The summed E-state index contributed by atoms with van der Waals surface area (Å²) in [6, 6.07) is 0.107. The Kier molecular flexibility index (Phi) is 5.26. The molecule has 7 nitrogen and oxygen atoms in total. The normalized spacial score (nSPS) is 14.6. The summed E-state index contributed by atoms with van der Waals surface area (Å²) in [4.78, 5) is 23.0. The van der Waals surface area contributed by atoms with E-state index in [1.165, 1.54) is 5.38 Å². The topological polar surface area (TPSA) is 127 Å². The Hall–Kier alpha value is -1.45. The second-order valence-electron chi connectivity index (χ2n) is 4.37. The maximum absolute atomic E-state index is 11.9. The van der Waals surface area contributed by atoms with Gasteiger partial charge in [0.25, 0.3) is 5.91 Å². The number of carbonyl (C=O) groups excluding carboxylic acids is 1. The molecule has 0 aromatic carbocycles. The molecule has 9 heteroatoms. The molecule has 1 heterocycles. The third kappa shape index (κ3) is 4.02. The molecule has 4 N–H and O–H groups in total. The second kappa shape index (κ2) is 6.33. The Morgan fingerprint density at radius 3 is 2.50 bits per heavy atom. The van der Waals surface area contributed by atoms with E-state index in [1.807, 2.05) is 6.92 Å². The number of nitrogens with two attached hydrogens (primary N) is 1. The fourth-order valence-corrected chi connectivity index (χ4v) is 3.08. The Bertz CT molecular complexity index is 608. The van der Waals surface area contributed by atoms with Gasteiger partial charge in [-0.25, -0.2) is 18.4 Å². The molecule has 0 saturated carbocycles. The van der Waals surface area contributed by atoms with Crippen molar-refractivity contribution < 1.29 is 23.1 Å². The van der Waals surface area contributed by atoms with E-state index in [4.69, 9.17) is 10.2 Å². The first-order valence-electron chi connectivity index (χ1n) is 5.81. The number of carboxylic acids is 1. The Morgan fingerprint density at radius 2 is 2.10 bits per heavy atom. The van der Waals surface area contributed by atoms with E-state index < -0.39 is 27.9 Å². The number of sulfonamides is 1. The average molecular weight is 320 g/mol. The molecule has 112 valence electrons. The van der Waals surface area contributed by atoms with Crippen molar-refractivity contribution in [2.45, 2.75) is 30.5 Å². The fraction of sp³-hybridized carbons (Fsp3) is 0.455. The third-order valence-corrected chi connectivity index (χ3v) is 5.27. The van der Waals surface area contributed by atoms with Crippen LogP contribution in [0.15, 0.2) is 15.7 Å². The van der Waals surface area contributed by atoms with Gasteiger partial charge >= 0.3 is 5.97 Å². The van der Waals surface area contributed by atoms with Crippen molar-refractivity contribution in [2.75, 3.05) is 0 Å². The van der Waals surface area contributed by atoms with E-state index in [2.05, 4.69) is 5.32 Å². The van der Waals surface area contributed by atoms with Crippen LogP contribution in [-0.2, 0) is 14.8 Å². The number of thiophene rings is 1. The molecule has 20 heavy (non-hydrogen) atoms. The number of hydrogen-bond donors (Lipinski definition) is 3. The van der Waals surface area contributed by atoms with Crippen molar-refractivity contribution in [2.24, 2.45) is 11.1 Å². The first-order valence-corrected chi connectivity index (χ1v) is 8.24. The highest BCUT2D eigenvalue weighted by Crippen LogP contribution is 2.19. The van der Waals surface area contributed by atoms with Crippen molar-refractivity contribution in [3.8, 4) is 0 Å². The van der Waals surface area contributed by atoms with Crippen LogP contribution >= 0.6 is 11.3 Å². The van der Waals surface area contributed by atoms with E-state index in [-0.39, 0.29) is 15.7 Å². The highest BCUT2D eigenvalue weighted by Gasteiger charge is 2.26. The van der Waals surface area contributed by atoms with Crippen LogP contribution in [0.3, 0.4) is 0 Å². The van der Waals surface area contributed by atoms with Crippen LogP contribution in [0.25, 0.3) is 0 Å². The lowest BCUT2D eigenvalue weighted by Gasteiger charge is -2.19. The Morgan fingerprint density at radius 1 is 1.50 bits per heavy atom. The van der Waals surface area contributed by atoms with Gasteiger partial charge in [-0.15, -0.1) is 11.3 Å². The van der Waals surface area contributed by atoms with Gasteiger partial charge in [0.15, 0.2) is 0 Å². The van der Waals surface area contributed by atoms with Crippen LogP contribution in [0, 0.1) is 5.92 Å². The molecule has 0 radical (unpaired) electrons. The highest BCUT2D eigenvalue weighted by molar-refractivity contribution is 7.91. The molecule has 1 aromatic heterocycles. The monoisotopic (exact) mass is 320 g/mol. The maximum atomic E-state index is 11.9. The van der Waals surface area contributed by atoms with Gasteiger partial charge in [0.2, 0.25) is 10.0 Å². The zero-order valence-corrected chi connectivity index (χ0v) is 12.6. The molecule has 0 aliphatic heterocycles. The molecular formula is C11H16N2O5S2. The van der Waals surface area contributed by atoms with Gasteiger partial charge in [0.05, 0.1) is 5.56 Å². The molecular weight excluding hydrogens is 304 g/mol. The number of amides is 1. The second-order valence-corrected chi connectivity index (χ2v) is 7.07. The van der Waals surface area contributed by atoms with Gasteiger partial charge in [-0.3, -0.25) is 4.79 Å². The zero-order valence-electron chi connectivity index (χ0n) is 11.0. The van der Waals surface area contributed by atoms with E-state index in [0.29, 0.717) is 6.42 Å². The van der Waals surface area contributed by atoms with E-state index in [9.17, 15) is 18.0 Å². The van der Waals surface area contributed by atoms with E-state index in [1.54, 1.807) is 6.92 Å². The van der Waals surface area contributed by atoms with Gasteiger partial charge in [-0.1, -0.05) is 20.3 Å². The minimum Gasteiger partial charge on any atom is -0.480 e. The maximum Gasteiger partial charge on any atom is 0.326 e. The molecule has 0 bridgehead atoms. The summed E-state index contributed by atoms with van der Waals surface area (Å²) < 4.78 is 22.1. The lowest BCUT2D eigenvalue weighted by Crippen LogP contribution is -2.44. The molecule has 2 atom stereocenters. The smallest absolute Gasteiger partial charge is 0.326 e. The summed E-state index contributed by atoms with van der Waals surface area (Å²) in [5, 5.41) is 17.7. The van der Waals surface area contributed by atoms with Crippen molar-refractivity contribution in [1.82, 2.24) is 5.32 Å². The molecule has 1 aromatic rings. The molecule has 2 unspecified atom stereocenters. The lowest BCUT2D eigenvalue weighted by molar-refractivity contribution is -0.140. The minimum atomic E-state index is -3.86. The molecule has 1 amide bonds. The van der Waals surface area contributed by atoms with Crippen LogP contribution in [0.4, 0.5) is 0 Å². The van der Waals surface area contributed by atoms with Gasteiger partial charge in [-0.2, -0.15) is 0 Å². The number of primary sulfonamides is 1. The Labute approximate surface area is 120 Å². The largest absolute Gasteiger partial charge is 0.480 e. The zero-order chi connectivity index (χ0) is 15.5. The Balaban J connectivity index is 2.90. The number of carbonyl (C=O) groups is 2. The number of aliphatic carboxylic acids is 1. The lowest BCUT2D eigenvalue weighted by atomic mass is 9.99. The van der Waals surface area contributed by atoms with Gasteiger partial charge in [0.1, 0.15) is 10.3 Å². The van der Waals surface area contributed by atoms with Gasteiger partial charge < -0.3 is 10.4 Å². The molecule has 0 saturated heterocycles. The molecule has 1 rings (SSSR count). The average Bonchev–Trinajstić information content (AvgIpc) is 2.83. The van der Waals surface area contributed by atoms with Crippen molar-refractivity contribution in [1.29, 1.82) is 0 Å². The molecule has 0 aliphatic rings. The fourth-order valence-electron chi connectivity index (χ4n) is 1.49. The van der Waals surface area contributed by atoms with Crippen molar-refractivity contribution in [3.05, 3.63) is 17.0 Å². The first-order chi connectivity index (χ1) is 9.16. The summed E-state index contributed by atoms with van der Waals surface area (Å²) in [7, 11) is -3.86. The van der Waals surface area contributed by atoms with Crippen molar-refractivity contribution in [3.63, 3.8) is 0 Å². The summed E-state index contributed by atoms with van der Waals surface area (Å²) in [6.45, 7) is 3.53. The van der Waals surface area contributed by atoms with Crippen LogP contribution in [0.1, 0.15) is 30.6 Å². The molecule has 0 spiro atoms. The first kappa shape index (κ1) is 16.6. The number of hydrogen-bond acceptors (Lipinski definition) is 5. The highest BCUT2D eigenvalue weighted by atomic mass is 32.2. The quantitative estimate of drug-likeness (QED) is 0.708. The summed E-state index contributed by atoms with van der Waals surface area (Å²) >= 11 is 0.813. The van der Waals surface area contributed by atoms with Gasteiger partial charge in [0, 0.05) is 5.38 Å². The molecule has 0 aliphatic carbocycles. The van der Waals surface area contributed by atoms with Crippen LogP contribution < -0.4 is 10.5 Å². The minimum absolute atomic E-state index is 0.0774. The molecule has 0 fully saturated rings.